The molecule has 216 valence electrons. The summed E-state index contributed by atoms with van der Waals surface area (Å²) in [5, 5.41) is 11.9. The van der Waals surface area contributed by atoms with Crippen molar-refractivity contribution in [3.63, 3.8) is 0 Å². The number of fused-ring (bicyclic) bond motifs is 1. The predicted molar refractivity (Wildman–Crippen MR) is 154 cm³/mol. The van der Waals surface area contributed by atoms with Crippen molar-refractivity contribution in [3.8, 4) is 5.75 Å². The summed E-state index contributed by atoms with van der Waals surface area (Å²) >= 11 is 7.01. The fraction of sp³-hybridized carbons (Fsp3) is 0.346. The number of carbonyl (C=O) groups excluding carboxylic acids is 1. The van der Waals surface area contributed by atoms with Crippen LogP contribution in [0.2, 0.25) is 5.02 Å². The summed E-state index contributed by atoms with van der Waals surface area (Å²) in [6.45, 7) is 3.32. The lowest BCUT2D eigenvalue weighted by Crippen LogP contribution is -2.50. The van der Waals surface area contributed by atoms with Gasteiger partial charge in [0.25, 0.3) is 26.0 Å². The highest BCUT2D eigenvalue weighted by Crippen LogP contribution is 2.36. The number of amides is 1. The number of halogens is 1. The first-order valence-electron chi connectivity index (χ1n) is 12.3. The van der Waals surface area contributed by atoms with E-state index in [0.717, 1.165) is 11.3 Å². The van der Waals surface area contributed by atoms with E-state index in [4.69, 9.17) is 16.3 Å². The number of nitrogens with zero attached hydrogens (tertiary/aromatic N) is 2. The molecular formula is C26H30ClN3O7S3. The van der Waals surface area contributed by atoms with E-state index >= 15 is 0 Å². The maximum atomic E-state index is 13.6. The molecule has 0 unspecified atom stereocenters. The van der Waals surface area contributed by atoms with Gasteiger partial charge in [0.05, 0.1) is 35.3 Å². The normalized spacial score (nSPS) is 18.9. The number of sulfonamides is 2. The number of benzene rings is 2. The number of nitrogens with one attached hydrogen (secondary N) is 1. The van der Waals surface area contributed by atoms with Crippen LogP contribution in [0.5, 0.6) is 5.75 Å². The fourth-order valence-corrected chi connectivity index (χ4v) is 7.85. The molecule has 0 spiro atoms. The Kier molecular flexibility index (Phi) is 9.12. The van der Waals surface area contributed by atoms with Gasteiger partial charge in [-0.1, -0.05) is 30.7 Å². The zero-order valence-corrected chi connectivity index (χ0v) is 25.2. The monoisotopic (exact) mass is 627 g/mol. The first kappa shape index (κ1) is 30.3. The predicted octanol–water partition coefficient (Wildman–Crippen LogP) is 3.74. The van der Waals surface area contributed by atoms with E-state index in [1.54, 1.807) is 18.4 Å². The van der Waals surface area contributed by atoms with Crippen molar-refractivity contribution in [1.82, 2.24) is 9.21 Å². The number of ether oxygens (including phenoxy) is 1. The lowest BCUT2D eigenvalue weighted by atomic mass is 9.99. The number of hydrogen-bond donors (Lipinski definition) is 2. The van der Waals surface area contributed by atoms with Crippen molar-refractivity contribution in [2.24, 2.45) is 5.92 Å². The number of aliphatic hydroxyl groups excluding tert-OH is 1. The molecule has 3 aromatic rings. The molecule has 1 aliphatic rings. The van der Waals surface area contributed by atoms with Gasteiger partial charge in [-0.15, -0.1) is 11.3 Å². The summed E-state index contributed by atoms with van der Waals surface area (Å²) in [7, 11) is -6.47. The van der Waals surface area contributed by atoms with Gasteiger partial charge in [0.15, 0.2) is 5.75 Å². The van der Waals surface area contributed by atoms with Crippen LogP contribution in [-0.4, -0.2) is 75.9 Å². The maximum Gasteiger partial charge on any atom is 0.262 e. The molecule has 4 rings (SSSR count). The second kappa shape index (κ2) is 12.0. The number of hydrogen-bond acceptors (Lipinski definition) is 8. The fourth-order valence-electron chi connectivity index (χ4n) is 4.27. The van der Waals surface area contributed by atoms with Crippen molar-refractivity contribution >= 4 is 54.6 Å². The summed E-state index contributed by atoms with van der Waals surface area (Å²) in [4.78, 5) is 15.1. The second-order valence-corrected chi connectivity index (χ2v) is 14.9. The van der Waals surface area contributed by atoms with Gasteiger partial charge in [-0.05, 0) is 54.8 Å². The Morgan fingerprint density at radius 3 is 2.48 bits per heavy atom. The SMILES string of the molecule is C[C@@H]1CN([C@H](C)CO)C(=O)c2cccc(NS(=O)(=O)c3ccc(Cl)cc3)c2O[C@H]1CN(C)S(=O)(=O)c1cccs1. The first-order chi connectivity index (χ1) is 18.8. The maximum absolute atomic E-state index is 13.6. The lowest BCUT2D eigenvalue weighted by molar-refractivity contribution is 0.0389. The van der Waals surface area contributed by atoms with E-state index in [0.29, 0.717) is 5.02 Å². The summed E-state index contributed by atoms with van der Waals surface area (Å²) in [6.07, 6.45) is -0.777. The van der Waals surface area contributed by atoms with Gasteiger partial charge < -0.3 is 14.7 Å². The van der Waals surface area contributed by atoms with Gasteiger partial charge in [0.2, 0.25) is 0 Å². The summed E-state index contributed by atoms with van der Waals surface area (Å²) in [5.74, 6) is -0.874. The molecule has 0 aliphatic carbocycles. The van der Waals surface area contributed by atoms with Crippen molar-refractivity contribution < 1.29 is 31.5 Å². The van der Waals surface area contributed by atoms with Crippen LogP contribution in [0.1, 0.15) is 24.2 Å². The topological polar surface area (TPSA) is 133 Å². The Morgan fingerprint density at radius 1 is 1.15 bits per heavy atom. The van der Waals surface area contributed by atoms with Gasteiger partial charge in [0.1, 0.15) is 10.3 Å². The average Bonchev–Trinajstić information content (AvgIpc) is 3.47. The van der Waals surface area contributed by atoms with E-state index < -0.39 is 44.0 Å². The number of para-hydroxylation sites is 1. The Balaban J connectivity index is 1.76. The molecule has 0 radical (unpaired) electrons. The molecule has 3 atom stereocenters. The van der Waals surface area contributed by atoms with E-state index in [1.807, 2.05) is 6.92 Å². The van der Waals surface area contributed by atoms with Gasteiger partial charge in [-0.2, -0.15) is 4.31 Å². The van der Waals surface area contributed by atoms with Gasteiger partial charge >= 0.3 is 0 Å². The van der Waals surface area contributed by atoms with Gasteiger partial charge in [-0.25, -0.2) is 16.8 Å². The van der Waals surface area contributed by atoms with Crippen LogP contribution in [0.3, 0.4) is 0 Å². The van der Waals surface area contributed by atoms with Crippen LogP contribution in [0, 0.1) is 5.92 Å². The zero-order chi connectivity index (χ0) is 29.2. The first-order valence-corrected chi connectivity index (χ1v) is 16.5. The number of likely N-dealkylation sites (N-methyl/N-ethyl adjacent to an activating group) is 1. The molecule has 14 heteroatoms. The number of thiophene rings is 1. The minimum absolute atomic E-state index is 0.0141. The number of aliphatic hydroxyl groups is 1. The largest absolute Gasteiger partial charge is 0.486 e. The molecule has 0 saturated carbocycles. The summed E-state index contributed by atoms with van der Waals surface area (Å²) in [5.41, 5.74) is 0.0949. The van der Waals surface area contributed by atoms with Crippen LogP contribution in [-0.2, 0) is 20.0 Å². The number of carbonyl (C=O) groups is 1. The van der Waals surface area contributed by atoms with Crippen molar-refractivity contribution in [2.75, 3.05) is 31.5 Å². The standard InChI is InChI=1S/C26H30ClN3O7S3/c1-17-14-30(18(2)16-31)26(32)21-6-4-7-22(28-39(33,34)20-11-9-19(27)10-12-20)25(21)37-23(17)15-29(3)40(35,36)24-8-5-13-38-24/h4-13,17-18,23,28,31H,14-16H2,1-3H3/t17-,18-,23+/m1/s1. The summed E-state index contributed by atoms with van der Waals surface area (Å²) in [6, 6.07) is 12.7. The van der Waals surface area contributed by atoms with E-state index in [9.17, 15) is 26.7 Å². The Morgan fingerprint density at radius 2 is 1.85 bits per heavy atom. The smallest absolute Gasteiger partial charge is 0.262 e. The molecule has 1 aromatic heterocycles. The third kappa shape index (κ3) is 6.29. The van der Waals surface area contributed by atoms with Crippen LogP contribution < -0.4 is 9.46 Å². The molecule has 10 nitrogen and oxygen atoms in total. The molecular weight excluding hydrogens is 598 g/mol. The van der Waals surface area contributed by atoms with E-state index in [1.165, 1.54) is 64.8 Å². The molecule has 1 amide bonds. The molecule has 0 fully saturated rings. The average molecular weight is 628 g/mol. The third-order valence-electron chi connectivity index (χ3n) is 6.66. The van der Waals surface area contributed by atoms with Crippen molar-refractivity contribution in [3.05, 3.63) is 70.6 Å². The van der Waals surface area contributed by atoms with Crippen molar-refractivity contribution in [1.29, 1.82) is 0 Å². The molecule has 0 saturated heterocycles. The molecule has 40 heavy (non-hydrogen) atoms. The highest BCUT2D eigenvalue weighted by molar-refractivity contribution is 7.92. The molecule has 0 bridgehead atoms. The van der Waals surface area contributed by atoms with Gasteiger partial charge in [0, 0.05) is 24.5 Å². The van der Waals surface area contributed by atoms with E-state index in [-0.39, 0.29) is 45.8 Å². The highest BCUT2D eigenvalue weighted by Gasteiger charge is 2.36. The summed E-state index contributed by atoms with van der Waals surface area (Å²) < 4.78 is 63.0. The molecule has 1 aliphatic heterocycles. The molecule has 2 heterocycles. The van der Waals surface area contributed by atoms with Crippen LogP contribution in [0.4, 0.5) is 5.69 Å². The van der Waals surface area contributed by atoms with E-state index in [2.05, 4.69) is 4.72 Å². The third-order valence-corrected chi connectivity index (χ3v) is 11.5. The molecule has 2 aromatic carbocycles. The Hall–Kier alpha value is -2.68. The number of anilines is 1. The van der Waals surface area contributed by atoms with Crippen LogP contribution in [0.15, 0.2) is 69.1 Å². The Bertz CT molecular complexity index is 1560. The lowest BCUT2D eigenvalue weighted by Gasteiger charge is -2.38. The molecule has 2 N–H and O–H groups in total. The van der Waals surface area contributed by atoms with Crippen molar-refractivity contribution in [2.45, 2.75) is 35.1 Å². The zero-order valence-electron chi connectivity index (χ0n) is 22.0. The van der Waals surface area contributed by atoms with Gasteiger partial charge in [-0.3, -0.25) is 9.52 Å². The number of rotatable bonds is 9. The Labute approximate surface area is 243 Å². The second-order valence-electron chi connectivity index (χ2n) is 9.58. The van der Waals surface area contributed by atoms with Crippen LogP contribution >= 0.6 is 22.9 Å². The van der Waals surface area contributed by atoms with Crippen LogP contribution in [0.25, 0.3) is 0 Å². The highest BCUT2D eigenvalue weighted by atomic mass is 35.5. The minimum Gasteiger partial charge on any atom is -0.486 e. The quantitative estimate of drug-likeness (QED) is 0.369. The minimum atomic E-state index is -4.10.